The first-order valence-corrected chi connectivity index (χ1v) is 9.04. The molecule has 0 N–H and O–H groups in total. The molecule has 0 heterocycles. The molecule has 0 spiro atoms. The van der Waals surface area contributed by atoms with Crippen LogP contribution in [0.25, 0.3) is 0 Å². The minimum Gasteiger partial charge on any atom is -0.350 e. The van der Waals surface area contributed by atoms with Crippen LogP contribution in [-0.4, -0.2) is 34.1 Å². The van der Waals surface area contributed by atoms with Crippen molar-refractivity contribution in [2.45, 2.75) is 46.5 Å². The van der Waals surface area contributed by atoms with Crippen molar-refractivity contribution in [1.29, 1.82) is 0 Å². The molecule has 0 amide bonds. The normalized spacial score (nSPS) is 36.5. The van der Waals surface area contributed by atoms with E-state index in [2.05, 4.69) is 27.8 Å². The zero-order valence-electron chi connectivity index (χ0n) is 12.7. The zero-order chi connectivity index (χ0) is 17.0. The highest BCUT2D eigenvalue weighted by atomic mass is 79.9. The molecular weight excluding hydrogens is 434 g/mol. The maximum absolute atomic E-state index is 6.88. The molecule has 7 heteroatoms. The van der Waals surface area contributed by atoms with Gasteiger partial charge >= 0.3 is 0 Å². The molecule has 0 aliphatic heterocycles. The number of ether oxygens (including phenoxy) is 2. The van der Waals surface area contributed by atoms with Crippen LogP contribution in [0.1, 0.15) is 26.7 Å². The van der Waals surface area contributed by atoms with Gasteiger partial charge in [0, 0.05) is 26.6 Å². The van der Waals surface area contributed by atoms with Crippen LogP contribution in [0.3, 0.4) is 0 Å². The monoisotopic (exact) mass is 448 g/mol. The van der Waals surface area contributed by atoms with Crippen LogP contribution in [0.5, 0.6) is 0 Å². The summed E-state index contributed by atoms with van der Waals surface area (Å²) >= 11 is 29.9. The fourth-order valence-electron chi connectivity index (χ4n) is 3.36. The van der Waals surface area contributed by atoms with Crippen molar-refractivity contribution in [1.82, 2.24) is 0 Å². The van der Waals surface area contributed by atoms with E-state index in [1.54, 1.807) is 0 Å². The van der Waals surface area contributed by atoms with E-state index < -0.39 is 15.5 Å². The van der Waals surface area contributed by atoms with Gasteiger partial charge in [-0.2, -0.15) is 0 Å². The van der Waals surface area contributed by atoms with Crippen molar-refractivity contribution in [3.63, 3.8) is 0 Å². The predicted octanol–water partition coefficient (Wildman–Crippen LogP) is 5.22. The Balaban J connectivity index is 2.45. The summed E-state index contributed by atoms with van der Waals surface area (Å²) in [5.41, 5.74) is 0. The summed E-state index contributed by atoms with van der Waals surface area (Å²) in [6.07, 6.45) is 0.994. The Bertz CT molecular complexity index is 570. The Morgan fingerprint density at radius 2 is 1.77 bits per heavy atom. The highest BCUT2D eigenvalue weighted by molar-refractivity contribution is 9.10. The SMILES string of the molecule is COC1(OC)[C@@]2(Cl)C[C@H](CC#CC(C)(C)Br)[C@]1(Cl)C(Cl)=C2Cl. The predicted molar refractivity (Wildman–Crippen MR) is 96.2 cm³/mol. The molecule has 0 aromatic rings. The molecule has 22 heavy (non-hydrogen) atoms. The van der Waals surface area contributed by atoms with Crippen molar-refractivity contribution in [3.05, 3.63) is 10.1 Å². The molecule has 1 saturated carbocycles. The van der Waals surface area contributed by atoms with Gasteiger partial charge in [0.1, 0.15) is 9.75 Å². The molecule has 0 saturated heterocycles. The lowest BCUT2D eigenvalue weighted by Gasteiger charge is -2.41. The van der Waals surface area contributed by atoms with Gasteiger partial charge in [-0.3, -0.25) is 0 Å². The molecule has 2 rings (SSSR count). The van der Waals surface area contributed by atoms with Gasteiger partial charge in [0.25, 0.3) is 0 Å². The first kappa shape index (κ1) is 19.2. The van der Waals surface area contributed by atoms with Crippen molar-refractivity contribution in [2.24, 2.45) is 5.92 Å². The van der Waals surface area contributed by atoms with Crippen molar-refractivity contribution < 1.29 is 9.47 Å². The van der Waals surface area contributed by atoms with Gasteiger partial charge in [-0.15, -0.1) is 29.1 Å². The van der Waals surface area contributed by atoms with E-state index in [1.807, 2.05) is 13.8 Å². The van der Waals surface area contributed by atoms with Crippen molar-refractivity contribution in [2.75, 3.05) is 14.2 Å². The number of hydrogen-bond donors (Lipinski definition) is 0. The number of fused-ring (bicyclic) bond motifs is 2. The zero-order valence-corrected chi connectivity index (χ0v) is 17.3. The van der Waals surface area contributed by atoms with Gasteiger partial charge in [-0.25, -0.2) is 0 Å². The minimum absolute atomic E-state index is 0.135. The van der Waals surface area contributed by atoms with Crippen LogP contribution >= 0.6 is 62.3 Å². The lowest BCUT2D eigenvalue weighted by molar-refractivity contribution is -0.218. The van der Waals surface area contributed by atoms with Crippen LogP contribution in [0.2, 0.25) is 0 Å². The molecular formula is C15H17BrCl4O2. The molecule has 2 aliphatic rings. The fourth-order valence-corrected chi connectivity index (χ4v) is 5.59. The lowest BCUT2D eigenvalue weighted by Crippen LogP contribution is -2.56. The van der Waals surface area contributed by atoms with Gasteiger partial charge in [0.2, 0.25) is 5.79 Å². The van der Waals surface area contributed by atoms with Crippen molar-refractivity contribution in [3.8, 4) is 11.8 Å². The molecule has 0 radical (unpaired) electrons. The summed E-state index contributed by atoms with van der Waals surface area (Å²) in [5, 5.41) is 0.574. The Hall–Kier alpha value is 0.860. The molecule has 2 bridgehead atoms. The number of methoxy groups -OCH3 is 2. The summed E-state index contributed by atoms with van der Waals surface area (Å²) < 4.78 is 10.9. The number of hydrogen-bond acceptors (Lipinski definition) is 2. The van der Waals surface area contributed by atoms with E-state index in [0.29, 0.717) is 17.9 Å². The van der Waals surface area contributed by atoms with Gasteiger partial charge in [0.05, 0.1) is 14.4 Å². The number of rotatable bonds is 3. The summed E-state index contributed by atoms with van der Waals surface area (Å²) in [4.78, 5) is -2.25. The third kappa shape index (κ3) is 2.37. The van der Waals surface area contributed by atoms with E-state index in [0.717, 1.165) is 0 Å². The first-order valence-electron chi connectivity index (χ1n) is 6.73. The van der Waals surface area contributed by atoms with Crippen LogP contribution in [0.15, 0.2) is 10.1 Å². The first-order chi connectivity index (χ1) is 10.00. The largest absolute Gasteiger partial charge is 0.350 e. The van der Waals surface area contributed by atoms with Crippen LogP contribution in [-0.2, 0) is 9.47 Å². The summed E-state index contributed by atoms with van der Waals surface area (Å²) in [5.74, 6) is 4.81. The van der Waals surface area contributed by atoms with E-state index in [4.69, 9.17) is 55.9 Å². The Labute approximate surface area is 159 Å². The average Bonchev–Trinajstić information content (AvgIpc) is 2.69. The third-order valence-electron chi connectivity index (χ3n) is 4.26. The average molecular weight is 451 g/mol. The highest BCUT2D eigenvalue weighted by Gasteiger charge is 2.80. The molecule has 3 atom stereocenters. The van der Waals surface area contributed by atoms with E-state index in [9.17, 15) is 0 Å². The van der Waals surface area contributed by atoms with Gasteiger partial charge in [0.15, 0.2) is 0 Å². The van der Waals surface area contributed by atoms with E-state index >= 15 is 0 Å². The van der Waals surface area contributed by atoms with Crippen molar-refractivity contribution >= 4 is 62.3 Å². The highest BCUT2D eigenvalue weighted by Crippen LogP contribution is 2.72. The second-order valence-corrected chi connectivity index (χ2v) is 10.0. The van der Waals surface area contributed by atoms with E-state index in [1.165, 1.54) is 14.2 Å². The molecule has 1 fully saturated rings. The van der Waals surface area contributed by atoms with Crippen LogP contribution in [0, 0.1) is 17.8 Å². The van der Waals surface area contributed by atoms with Gasteiger partial charge < -0.3 is 9.47 Å². The fraction of sp³-hybridized carbons (Fsp3) is 0.733. The van der Waals surface area contributed by atoms with Gasteiger partial charge in [-0.1, -0.05) is 45.1 Å². The summed E-state index contributed by atoms with van der Waals surface area (Å²) in [6, 6.07) is 0. The standard InChI is InChI=1S/C15H17BrCl4O2/c1-12(2,16)7-5-6-9-8-13(19)10(17)11(18)14(9,20)15(13,21-3)22-4/h9H,6,8H2,1-4H3/t9-,13+,14-/m0/s1. The molecule has 2 nitrogen and oxygen atoms in total. The van der Waals surface area contributed by atoms with Crippen LogP contribution < -0.4 is 0 Å². The topological polar surface area (TPSA) is 18.5 Å². The Kier molecular flexibility index (Phi) is 5.22. The Morgan fingerprint density at radius 1 is 1.23 bits per heavy atom. The van der Waals surface area contributed by atoms with E-state index in [-0.39, 0.29) is 15.3 Å². The third-order valence-corrected chi connectivity index (χ3v) is 7.09. The molecule has 0 aromatic carbocycles. The second kappa shape index (κ2) is 5.99. The Morgan fingerprint density at radius 3 is 2.18 bits per heavy atom. The number of alkyl halides is 3. The summed E-state index contributed by atoms with van der Waals surface area (Å²) in [6.45, 7) is 3.94. The molecule has 2 aliphatic carbocycles. The maximum Gasteiger partial charge on any atom is 0.217 e. The summed E-state index contributed by atoms with van der Waals surface area (Å²) in [7, 11) is 2.99. The van der Waals surface area contributed by atoms with Crippen LogP contribution in [0.4, 0.5) is 0 Å². The second-order valence-electron chi connectivity index (χ2n) is 6.05. The molecule has 0 unspecified atom stereocenters. The maximum atomic E-state index is 6.88. The minimum atomic E-state index is -1.31. The molecule has 124 valence electrons. The number of halogens is 5. The molecule has 0 aromatic heterocycles. The quantitative estimate of drug-likeness (QED) is 0.333. The lowest BCUT2D eigenvalue weighted by atomic mass is 9.88. The van der Waals surface area contributed by atoms with Gasteiger partial charge in [-0.05, 0) is 20.3 Å². The smallest absolute Gasteiger partial charge is 0.217 e.